The average Bonchev–Trinajstić information content (AvgIpc) is 2.15. The van der Waals surface area contributed by atoms with Gasteiger partial charge in [-0.1, -0.05) is 0 Å². The smallest absolute Gasteiger partial charge is 0.306 e. The molecule has 0 saturated heterocycles. The van der Waals surface area contributed by atoms with Gasteiger partial charge in [0, 0.05) is 0 Å². The maximum absolute atomic E-state index is 10.8. The van der Waals surface area contributed by atoms with E-state index in [1.165, 1.54) is 25.3 Å². The van der Waals surface area contributed by atoms with E-state index in [2.05, 4.69) is 4.18 Å². The number of hydrogen-bond acceptors (Lipinski definition) is 5. The molecule has 0 aliphatic carbocycles. The average molecular weight is 230 g/mol. The Morgan fingerprint density at radius 3 is 2.47 bits per heavy atom. The highest BCUT2D eigenvalue weighted by Crippen LogP contribution is 2.23. The molecule has 1 aromatic rings. The summed E-state index contributed by atoms with van der Waals surface area (Å²) in [5.41, 5.74) is 0.235. The van der Waals surface area contributed by atoms with Gasteiger partial charge in [0.1, 0.15) is 11.5 Å². The lowest BCUT2D eigenvalue weighted by atomic mass is 10.2. The van der Waals surface area contributed by atoms with Crippen molar-refractivity contribution in [3.63, 3.8) is 0 Å². The third kappa shape index (κ3) is 3.25. The molecule has 1 aromatic carbocycles. The summed E-state index contributed by atoms with van der Waals surface area (Å²) in [6.07, 6.45) is 1.49. The van der Waals surface area contributed by atoms with E-state index in [1.54, 1.807) is 0 Å². The lowest BCUT2D eigenvalue weighted by Crippen LogP contribution is -2.06. The second-order valence-corrected chi connectivity index (χ2v) is 4.38. The molecule has 0 spiro atoms. The van der Waals surface area contributed by atoms with Crippen LogP contribution in [-0.4, -0.2) is 28.1 Å². The Morgan fingerprint density at radius 1 is 1.33 bits per heavy atom. The highest BCUT2D eigenvalue weighted by Gasteiger charge is 2.08. The van der Waals surface area contributed by atoms with Crippen molar-refractivity contribution in [1.29, 1.82) is 0 Å². The van der Waals surface area contributed by atoms with Crippen LogP contribution in [-0.2, 0) is 10.1 Å². The van der Waals surface area contributed by atoms with Gasteiger partial charge in [-0.2, -0.15) is 8.42 Å². The topological polar surface area (TPSA) is 69.7 Å². The Balaban J connectivity index is 3.09. The van der Waals surface area contributed by atoms with E-state index in [0.717, 1.165) is 6.26 Å². The molecule has 5 nitrogen and oxygen atoms in total. The van der Waals surface area contributed by atoms with Crippen molar-refractivity contribution in [2.45, 2.75) is 0 Å². The van der Waals surface area contributed by atoms with Crippen LogP contribution < -0.4 is 8.92 Å². The minimum absolute atomic E-state index is 0.0837. The van der Waals surface area contributed by atoms with Gasteiger partial charge in [-0.3, -0.25) is 4.79 Å². The first-order valence-corrected chi connectivity index (χ1v) is 5.80. The second-order valence-electron chi connectivity index (χ2n) is 2.81. The van der Waals surface area contributed by atoms with E-state index in [-0.39, 0.29) is 11.3 Å². The summed E-state index contributed by atoms with van der Waals surface area (Å²) < 4.78 is 31.1. The van der Waals surface area contributed by atoms with Crippen molar-refractivity contribution >= 4 is 16.4 Å². The summed E-state index contributed by atoms with van der Waals surface area (Å²) in [5.74, 6) is 0.450. The Bertz CT molecular complexity index is 463. The number of methoxy groups -OCH3 is 1. The zero-order valence-corrected chi connectivity index (χ0v) is 9.08. The first kappa shape index (κ1) is 11.5. The summed E-state index contributed by atoms with van der Waals surface area (Å²) in [4.78, 5) is 10.6. The molecule has 0 amide bonds. The Hall–Kier alpha value is -1.56. The molecule has 6 heteroatoms. The van der Waals surface area contributed by atoms with E-state index < -0.39 is 10.1 Å². The monoisotopic (exact) mass is 230 g/mol. The maximum Gasteiger partial charge on any atom is 0.306 e. The molecule has 0 heterocycles. The van der Waals surface area contributed by atoms with Gasteiger partial charge in [-0.15, -0.1) is 0 Å². The lowest BCUT2D eigenvalue weighted by Gasteiger charge is -2.06. The summed E-state index contributed by atoms with van der Waals surface area (Å²) >= 11 is 0. The summed E-state index contributed by atoms with van der Waals surface area (Å²) in [5, 5.41) is 0. The van der Waals surface area contributed by atoms with Crippen LogP contribution >= 0.6 is 0 Å². The summed E-state index contributed by atoms with van der Waals surface area (Å²) in [6, 6.07) is 4.17. The standard InChI is InChI=1S/C9H10O5S/c1-13-9-4-3-8(5-7(9)6-10)14-15(2,11)12/h3-6H,1-2H3. The molecule has 0 bridgehead atoms. The molecule has 1 rings (SSSR count). The van der Waals surface area contributed by atoms with Crippen LogP contribution in [0, 0.1) is 0 Å². The zero-order chi connectivity index (χ0) is 11.5. The van der Waals surface area contributed by atoms with E-state index in [4.69, 9.17) is 4.74 Å². The van der Waals surface area contributed by atoms with Gasteiger partial charge in [0.15, 0.2) is 6.29 Å². The molecule has 0 aromatic heterocycles. The van der Waals surface area contributed by atoms with Gasteiger partial charge in [0.05, 0.1) is 18.9 Å². The number of rotatable bonds is 4. The zero-order valence-electron chi connectivity index (χ0n) is 8.26. The van der Waals surface area contributed by atoms with Crippen molar-refractivity contribution in [3.8, 4) is 11.5 Å². The number of carbonyl (C=O) groups excluding carboxylic acids is 1. The highest BCUT2D eigenvalue weighted by molar-refractivity contribution is 7.86. The largest absolute Gasteiger partial charge is 0.496 e. The maximum atomic E-state index is 10.8. The molecule has 0 saturated carbocycles. The van der Waals surface area contributed by atoms with Crippen LogP contribution in [0.15, 0.2) is 18.2 Å². The molecular weight excluding hydrogens is 220 g/mol. The lowest BCUT2D eigenvalue weighted by molar-refractivity contribution is 0.112. The molecule has 82 valence electrons. The van der Waals surface area contributed by atoms with Crippen LogP contribution in [0.5, 0.6) is 11.5 Å². The first-order valence-electron chi connectivity index (χ1n) is 3.99. The van der Waals surface area contributed by atoms with E-state index >= 15 is 0 Å². The van der Waals surface area contributed by atoms with Crippen molar-refractivity contribution in [3.05, 3.63) is 23.8 Å². The quantitative estimate of drug-likeness (QED) is 0.566. The van der Waals surface area contributed by atoms with Crippen LogP contribution in [0.25, 0.3) is 0 Å². The van der Waals surface area contributed by atoms with Gasteiger partial charge >= 0.3 is 10.1 Å². The predicted molar refractivity (Wildman–Crippen MR) is 53.9 cm³/mol. The van der Waals surface area contributed by atoms with Crippen LogP contribution in [0.2, 0.25) is 0 Å². The van der Waals surface area contributed by atoms with Gasteiger partial charge in [-0.05, 0) is 18.2 Å². The van der Waals surface area contributed by atoms with Crippen LogP contribution in [0.3, 0.4) is 0 Å². The number of aldehydes is 1. The molecule has 15 heavy (non-hydrogen) atoms. The minimum Gasteiger partial charge on any atom is -0.496 e. The number of benzene rings is 1. The van der Waals surface area contributed by atoms with Crippen molar-refractivity contribution in [2.75, 3.05) is 13.4 Å². The fourth-order valence-corrected chi connectivity index (χ4v) is 1.48. The first-order chi connectivity index (χ1) is 6.96. The fourth-order valence-electron chi connectivity index (χ4n) is 1.03. The highest BCUT2D eigenvalue weighted by atomic mass is 32.2. The van der Waals surface area contributed by atoms with Crippen LogP contribution in [0.1, 0.15) is 10.4 Å². The molecule has 0 aliphatic heterocycles. The van der Waals surface area contributed by atoms with Crippen molar-refractivity contribution in [2.24, 2.45) is 0 Å². The third-order valence-corrected chi connectivity index (χ3v) is 2.07. The molecule has 0 atom stereocenters. The number of hydrogen-bond donors (Lipinski definition) is 0. The van der Waals surface area contributed by atoms with Gasteiger partial charge in [-0.25, -0.2) is 0 Å². The minimum atomic E-state index is -3.58. The molecule has 0 N–H and O–H groups in total. The molecular formula is C9H10O5S. The number of ether oxygens (including phenoxy) is 1. The predicted octanol–water partition coefficient (Wildman–Crippen LogP) is 0.846. The van der Waals surface area contributed by atoms with Gasteiger partial charge < -0.3 is 8.92 Å². The van der Waals surface area contributed by atoms with E-state index in [9.17, 15) is 13.2 Å². The van der Waals surface area contributed by atoms with Crippen LogP contribution in [0.4, 0.5) is 0 Å². The SMILES string of the molecule is COc1ccc(OS(C)(=O)=O)cc1C=O. The Labute approximate surface area is 87.7 Å². The molecule has 0 unspecified atom stereocenters. The van der Waals surface area contributed by atoms with E-state index in [1.807, 2.05) is 0 Å². The van der Waals surface area contributed by atoms with E-state index in [0.29, 0.717) is 12.0 Å². The van der Waals surface area contributed by atoms with Gasteiger partial charge in [0.25, 0.3) is 0 Å². The molecule has 0 radical (unpaired) electrons. The summed E-state index contributed by atoms with van der Waals surface area (Å²) in [6.45, 7) is 0. The molecule has 0 aliphatic rings. The van der Waals surface area contributed by atoms with Gasteiger partial charge in [0.2, 0.25) is 0 Å². The normalized spacial score (nSPS) is 10.8. The fraction of sp³-hybridized carbons (Fsp3) is 0.222. The Morgan fingerprint density at radius 2 is 2.00 bits per heavy atom. The number of carbonyl (C=O) groups is 1. The molecule has 0 fully saturated rings. The van der Waals surface area contributed by atoms with Crippen molar-refractivity contribution < 1.29 is 22.1 Å². The van der Waals surface area contributed by atoms with Crippen molar-refractivity contribution in [1.82, 2.24) is 0 Å². The Kier molecular flexibility index (Phi) is 3.31. The second kappa shape index (κ2) is 4.31. The summed E-state index contributed by atoms with van der Waals surface area (Å²) in [7, 11) is -2.16. The third-order valence-electron chi connectivity index (χ3n) is 1.58.